The lowest BCUT2D eigenvalue weighted by molar-refractivity contribution is 0.401. The summed E-state index contributed by atoms with van der Waals surface area (Å²) in [6.07, 6.45) is 2.64. The first-order valence-corrected chi connectivity index (χ1v) is 4.76. The molecule has 4 N–H and O–H groups in total. The van der Waals surface area contributed by atoms with E-state index in [2.05, 4.69) is 19.1 Å². The summed E-state index contributed by atoms with van der Waals surface area (Å²) >= 11 is 0. The smallest absolute Gasteiger partial charge is 0.0677 e. The molecule has 0 aliphatic rings. The van der Waals surface area contributed by atoms with E-state index in [-0.39, 0.29) is 0 Å². The summed E-state index contributed by atoms with van der Waals surface area (Å²) in [6, 6.07) is 10.1. The lowest BCUT2D eigenvalue weighted by Crippen LogP contribution is -2.51. The summed E-state index contributed by atoms with van der Waals surface area (Å²) < 4.78 is 0. The minimum atomic E-state index is -0.546. The molecule has 13 heavy (non-hydrogen) atoms. The standard InChI is InChI=1S/C11H18N2/c1-2-8-11(12,13)9-10-6-4-3-5-7-10/h3-7H,2,8-9,12-13H2,1H3. The molecule has 72 valence electrons. The van der Waals surface area contributed by atoms with E-state index in [1.54, 1.807) is 0 Å². The van der Waals surface area contributed by atoms with Crippen molar-refractivity contribution in [2.24, 2.45) is 11.5 Å². The topological polar surface area (TPSA) is 52.0 Å². The van der Waals surface area contributed by atoms with Gasteiger partial charge in [0.15, 0.2) is 0 Å². The monoisotopic (exact) mass is 178 g/mol. The van der Waals surface area contributed by atoms with Gasteiger partial charge in [0.1, 0.15) is 0 Å². The van der Waals surface area contributed by atoms with Crippen molar-refractivity contribution in [3.05, 3.63) is 35.9 Å². The minimum absolute atomic E-state index is 0.546. The zero-order valence-electron chi connectivity index (χ0n) is 8.16. The van der Waals surface area contributed by atoms with E-state index >= 15 is 0 Å². The van der Waals surface area contributed by atoms with Crippen LogP contribution < -0.4 is 11.5 Å². The summed E-state index contributed by atoms with van der Waals surface area (Å²) in [6.45, 7) is 2.10. The molecule has 2 nitrogen and oxygen atoms in total. The van der Waals surface area contributed by atoms with Crippen LogP contribution in [0.1, 0.15) is 25.3 Å². The summed E-state index contributed by atoms with van der Waals surface area (Å²) in [5, 5.41) is 0. The van der Waals surface area contributed by atoms with Gasteiger partial charge in [-0.25, -0.2) is 0 Å². The van der Waals surface area contributed by atoms with E-state index in [0.717, 1.165) is 19.3 Å². The molecule has 0 bridgehead atoms. The van der Waals surface area contributed by atoms with Gasteiger partial charge in [-0.1, -0.05) is 43.7 Å². The zero-order chi connectivity index (χ0) is 9.73. The van der Waals surface area contributed by atoms with Crippen LogP contribution >= 0.6 is 0 Å². The van der Waals surface area contributed by atoms with Crippen molar-refractivity contribution in [3.63, 3.8) is 0 Å². The number of hydrogen-bond donors (Lipinski definition) is 2. The molecule has 0 fully saturated rings. The van der Waals surface area contributed by atoms with Gasteiger partial charge in [-0.05, 0) is 12.0 Å². The van der Waals surface area contributed by atoms with Crippen molar-refractivity contribution in [1.29, 1.82) is 0 Å². The van der Waals surface area contributed by atoms with E-state index in [4.69, 9.17) is 11.5 Å². The number of hydrogen-bond acceptors (Lipinski definition) is 2. The zero-order valence-corrected chi connectivity index (χ0v) is 8.16. The predicted octanol–water partition coefficient (Wildman–Crippen LogP) is 1.64. The number of benzene rings is 1. The molecular formula is C11H18N2. The van der Waals surface area contributed by atoms with Gasteiger partial charge in [-0.2, -0.15) is 0 Å². The number of nitrogens with two attached hydrogens (primary N) is 2. The van der Waals surface area contributed by atoms with Crippen molar-refractivity contribution in [3.8, 4) is 0 Å². The summed E-state index contributed by atoms with van der Waals surface area (Å²) in [5.41, 5.74) is 12.5. The van der Waals surface area contributed by atoms with Gasteiger partial charge < -0.3 is 11.5 Å². The third-order valence-corrected chi connectivity index (χ3v) is 2.09. The predicted molar refractivity (Wildman–Crippen MR) is 56.2 cm³/mol. The quantitative estimate of drug-likeness (QED) is 0.689. The van der Waals surface area contributed by atoms with E-state index in [9.17, 15) is 0 Å². The molecule has 0 aromatic heterocycles. The first-order chi connectivity index (χ1) is 6.14. The van der Waals surface area contributed by atoms with Crippen molar-refractivity contribution in [2.45, 2.75) is 31.8 Å². The lowest BCUT2D eigenvalue weighted by atomic mass is 9.97. The Kier molecular flexibility index (Phi) is 3.46. The second-order valence-electron chi connectivity index (χ2n) is 3.65. The van der Waals surface area contributed by atoms with Crippen LogP contribution in [0.2, 0.25) is 0 Å². The van der Waals surface area contributed by atoms with Crippen LogP contribution in [0.3, 0.4) is 0 Å². The van der Waals surface area contributed by atoms with E-state index in [0.29, 0.717) is 0 Å². The van der Waals surface area contributed by atoms with Crippen molar-refractivity contribution in [1.82, 2.24) is 0 Å². The molecule has 1 aromatic carbocycles. The van der Waals surface area contributed by atoms with Crippen molar-refractivity contribution in [2.75, 3.05) is 0 Å². The Morgan fingerprint density at radius 2 is 1.77 bits per heavy atom. The molecular weight excluding hydrogens is 160 g/mol. The molecule has 0 saturated carbocycles. The maximum atomic E-state index is 5.94. The molecule has 1 aromatic rings. The summed E-state index contributed by atoms with van der Waals surface area (Å²) in [7, 11) is 0. The molecule has 0 spiro atoms. The average Bonchev–Trinajstić information content (AvgIpc) is 2.04. The highest BCUT2D eigenvalue weighted by Crippen LogP contribution is 2.10. The average molecular weight is 178 g/mol. The summed E-state index contributed by atoms with van der Waals surface area (Å²) in [5.74, 6) is 0. The fourth-order valence-electron chi connectivity index (χ4n) is 1.53. The van der Waals surface area contributed by atoms with Gasteiger partial charge in [0.05, 0.1) is 5.66 Å². The van der Waals surface area contributed by atoms with Crippen molar-refractivity contribution < 1.29 is 0 Å². The van der Waals surface area contributed by atoms with Gasteiger partial charge in [0.25, 0.3) is 0 Å². The second kappa shape index (κ2) is 4.40. The van der Waals surface area contributed by atoms with E-state index in [1.165, 1.54) is 5.56 Å². The lowest BCUT2D eigenvalue weighted by Gasteiger charge is -2.23. The molecule has 1 rings (SSSR count). The van der Waals surface area contributed by atoms with Crippen LogP contribution in [-0.2, 0) is 6.42 Å². The third kappa shape index (κ3) is 3.57. The van der Waals surface area contributed by atoms with Crippen LogP contribution in [-0.4, -0.2) is 5.66 Å². The Morgan fingerprint density at radius 1 is 1.15 bits per heavy atom. The summed E-state index contributed by atoms with van der Waals surface area (Å²) in [4.78, 5) is 0. The molecule has 0 radical (unpaired) electrons. The Hall–Kier alpha value is -0.860. The Labute approximate surface area is 79.9 Å². The maximum absolute atomic E-state index is 5.94. The highest BCUT2D eigenvalue weighted by atomic mass is 14.9. The fourth-order valence-corrected chi connectivity index (χ4v) is 1.53. The van der Waals surface area contributed by atoms with Crippen LogP contribution in [0, 0.1) is 0 Å². The van der Waals surface area contributed by atoms with Gasteiger partial charge in [0.2, 0.25) is 0 Å². The van der Waals surface area contributed by atoms with Crippen molar-refractivity contribution >= 4 is 0 Å². The Balaban J connectivity index is 2.58. The Bertz CT molecular complexity index is 242. The molecule has 0 aliphatic carbocycles. The number of rotatable bonds is 4. The molecule has 0 heterocycles. The molecule has 0 amide bonds. The normalized spacial score (nSPS) is 11.6. The van der Waals surface area contributed by atoms with Crippen LogP contribution in [0.25, 0.3) is 0 Å². The highest BCUT2D eigenvalue weighted by molar-refractivity contribution is 5.17. The Morgan fingerprint density at radius 3 is 2.31 bits per heavy atom. The first-order valence-electron chi connectivity index (χ1n) is 4.76. The van der Waals surface area contributed by atoms with Crippen LogP contribution in [0.4, 0.5) is 0 Å². The highest BCUT2D eigenvalue weighted by Gasteiger charge is 2.17. The molecule has 0 aliphatic heterocycles. The maximum Gasteiger partial charge on any atom is 0.0677 e. The van der Waals surface area contributed by atoms with E-state index in [1.807, 2.05) is 18.2 Å². The second-order valence-corrected chi connectivity index (χ2v) is 3.65. The van der Waals surface area contributed by atoms with Gasteiger partial charge in [0, 0.05) is 6.42 Å². The molecule has 0 unspecified atom stereocenters. The van der Waals surface area contributed by atoms with Crippen LogP contribution in [0.5, 0.6) is 0 Å². The van der Waals surface area contributed by atoms with E-state index < -0.39 is 5.66 Å². The first kappa shape index (κ1) is 10.2. The third-order valence-electron chi connectivity index (χ3n) is 2.09. The van der Waals surface area contributed by atoms with Gasteiger partial charge in [-0.15, -0.1) is 0 Å². The molecule has 2 heteroatoms. The fraction of sp³-hybridized carbons (Fsp3) is 0.455. The minimum Gasteiger partial charge on any atom is -0.313 e. The largest absolute Gasteiger partial charge is 0.313 e. The molecule has 0 atom stereocenters. The van der Waals surface area contributed by atoms with Crippen LogP contribution in [0.15, 0.2) is 30.3 Å². The van der Waals surface area contributed by atoms with Gasteiger partial charge in [-0.3, -0.25) is 0 Å². The SMILES string of the molecule is CCCC(N)(N)Cc1ccccc1. The van der Waals surface area contributed by atoms with Gasteiger partial charge >= 0.3 is 0 Å². The molecule has 0 saturated heterocycles.